The highest BCUT2D eigenvalue weighted by molar-refractivity contribution is 7.13. The molecule has 2 heterocycles. The zero-order valence-corrected chi connectivity index (χ0v) is 8.68. The van der Waals surface area contributed by atoms with E-state index in [4.69, 9.17) is 0 Å². The van der Waals surface area contributed by atoms with E-state index in [-0.39, 0.29) is 0 Å². The van der Waals surface area contributed by atoms with Gasteiger partial charge in [-0.15, -0.1) is 0 Å². The molecular weight excluding hydrogens is 192 g/mol. The van der Waals surface area contributed by atoms with Crippen LogP contribution in [0.3, 0.4) is 0 Å². The molecule has 0 aliphatic carbocycles. The number of hydrogen-bond acceptors (Lipinski definition) is 3. The first-order chi connectivity index (χ1) is 6.95. The molecule has 14 heavy (non-hydrogen) atoms. The topological polar surface area (TPSA) is 24.9 Å². The van der Waals surface area contributed by atoms with Crippen LogP contribution in [-0.4, -0.2) is 17.5 Å². The molecule has 2 aromatic rings. The van der Waals surface area contributed by atoms with Crippen molar-refractivity contribution in [3.05, 3.63) is 30.0 Å². The maximum absolute atomic E-state index is 4.58. The van der Waals surface area contributed by atoms with E-state index in [0.717, 1.165) is 13.1 Å². The third-order valence-corrected chi connectivity index (χ3v) is 3.69. The number of benzene rings is 1. The van der Waals surface area contributed by atoms with Gasteiger partial charge >= 0.3 is 0 Å². The van der Waals surface area contributed by atoms with Crippen LogP contribution in [0.5, 0.6) is 0 Å². The minimum absolute atomic E-state index is 0.631. The summed E-state index contributed by atoms with van der Waals surface area (Å²) >= 11 is 1.62. The number of fused-ring (bicyclic) bond motifs is 1. The van der Waals surface area contributed by atoms with Crippen LogP contribution < -0.4 is 5.32 Å². The van der Waals surface area contributed by atoms with Crippen LogP contribution in [0.25, 0.3) is 10.1 Å². The van der Waals surface area contributed by atoms with Gasteiger partial charge in [-0.3, -0.25) is 0 Å². The minimum Gasteiger partial charge on any atom is -0.316 e. The summed E-state index contributed by atoms with van der Waals surface area (Å²) in [4.78, 5) is 0. The first kappa shape index (κ1) is 8.38. The van der Waals surface area contributed by atoms with Crippen LogP contribution in [0.1, 0.15) is 18.0 Å². The van der Waals surface area contributed by atoms with Gasteiger partial charge in [0.25, 0.3) is 0 Å². The molecule has 0 amide bonds. The zero-order valence-electron chi connectivity index (χ0n) is 7.86. The molecular formula is C11H12N2S. The van der Waals surface area contributed by atoms with E-state index in [1.165, 1.54) is 22.2 Å². The predicted octanol–water partition coefficient (Wildman–Crippen LogP) is 2.37. The zero-order chi connectivity index (χ0) is 9.38. The number of rotatable bonds is 1. The van der Waals surface area contributed by atoms with Gasteiger partial charge in [-0.2, -0.15) is 4.37 Å². The van der Waals surface area contributed by atoms with E-state index in [0.29, 0.717) is 5.92 Å². The van der Waals surface area contributed by atoms with Gasteiger partial charge in [0.15, 0.2) is 0 Å². The van der Waals surface area contributed by atoms with Crippen molar-refractivity contribution in [3.63, 3.8) is 0 Å². The highest BCUT2D eigenvalue weighted by Crippen LogP contribution is 2.30. The van der Waals surface area contributed by atoms with Crippen LogP contribution >= 0.6 is 11.5 Å². The van der Waals surface area contributed by atoms with Crippen molar-refractivity contribution in [2.24, 2.45) is 0 Å². The molecule has 0 bridgehead atoms. The Morgan fingerprint density at radius 2 is 2.29 bits per heavy atom. The molecule has 1 aliphatic heterocycles. The van der Waals surface area contributed by atoms with E-state index in [1.54, 1.807) is 11.5 Å². The fraction of sp³-hybridized carbons (Fsp3) is 0.364. The largest absolute Gasteiger partial charge is 0.316 e. The second-order valence-corrected chi connectivity index (χ2v) is 4.56. The average Bonchev–Trinajstić information content (AvgIpc) is 2.85. The molecule has 1 saturated heterocycles. The fourth-order valence-electron chi connectivity index (χ4n) is 2.09. The summed E-state index contributed by atoms with van der Waals surface area (Å²) in [6, 6.07) is 8.52. The maximum Gasteiger partial charge on any atom is 0.0664 e. The quantitative estimate of drug-likeness (QED) is 0.771. The molecule has 1 fully saturated rings. The Morgan fingerprint density at radius 3 is 3.14 bits per heavy atom. The van der Waals surface area contributed by atoms with Crippen LogP contribution in [-0.2, 0) is 0 Å². The van der Waals surface area contributed by atoms with Gasteiger partial charge in [-0.05, 0) is 30.6 Å². The lowest BCUT2D eigenvalue weighted by atomic mass is 10.0. The molecule has 1 N–H and O–H groups in total. The van der Waals surface area contributed by atoms with Gasteiger partial charge in [0.2, 0.25) is 0 Å². The SMILES string of the molecule is c1ccc2c([C@H]3CCNC3)nsc2c1. The highest BCUT2D eigenvalue weighted by atomic mass is 32.1. The van der Waals surface area contributed by atoms with E-state index < -0.39 is 0 Å². The first-order valence-electron chi connectivity index (χ1n) is 5.00. The summed E-state index contributed by atoms with van der Waals surface area (Å²) in [5.41, 5.74) is 1.30. The van der Waals surface area contributed by atoms with E-state index >= 15 is 0 Å². The van der Waals surface area contributed by atoms with Gasteiger partial charge in [0.05, 0.1) is 10.4 Å². The lowest BCUT2D eigenvalue weighted by Crippen LogP contribution is -2.08. The van der Waals surface area contributed by atoms with Crippen LogP contribution in [0, 0.1) is 0 Å². The lowest BCUT2D eigenvalue weighted by Gasteiger charge is -2.03. The average molecular weight is 204 g/mol. The Kier molecular flexibility index (Phi) is 2.00. The Bertz CT molecular complexity index is 443. The first-order valence-corrected chi connectivity index (χ1v) is 5.77. The molecule has 0 spiro atoms. The van der Waals surface area contributed by atoms with E-state index in [2.05, 4.69) is 34.0 Å². The van der Waals surface area contributed by atoms with Gasteiger partial charge in [-0.25, -0.2) is 0 Å². The van der Waals surface area contributed by atoms with Gasteiger partial charge in [0.1, 0.15) is 0 Å². The lowest BCUT2D eigenvalue weighted by molar-refractivity contribution is 0.752. The molecule has 2 nitrogen and oxygen atoms in total. The van der Waals surface area contributed by atoms with Crippen LogP contribution in [0.4, 0.5) is 0 Å². The summed E-state index contributed by atoms with van der Waals surface area (Å²) < 4.78 is 5.89. The monoisotopic (exact) mass is 204 g/mol. The van der Waals surface area contributed by atoms with Gasteiger partial charge in [-0.1, -0.05) is 18.2 Å². The molecule has 1 aliphatic rings. The second-order valence-electron chi connectivity index (χ2n) is 3.75. The van der Waals surface area contributed by atoms with Crippen molar-refractivity contribution in [2.75, 3.05) is 13.1 Å². The van der Waals surface area contributed by atoms with Crippen LogP contribution in [0.15, 0.2) is 24.3 Å². The van der Waals surface area contributed by atoms with E-state index in [1.807, 2.05) is 0 Å². The number of nitrogens with one attached hydrogen (secondary N) is 1. The van der Waals surface area contributed by atoms with Gasteiger partial charge < -0.3 is 5.32 Å². The predicted molar refractivity (Wildman–Crippen MR) is 59.8 cm³/mol. The van der Waals surface area contributed by atoms with Crippen molar-refractivity contribution in [3.8, 4) is 0 Å². The summed E-state index contributed by atoms with van der Waals surface area (Å²) in [7, 11) is 0. The van der Waals surface area contributed by atoms with Crippen LogP contribution in [0.2, 0.25) is 0 Å². The molecule has 0 saturated carbocycles. The highest BCUT2D eigenvalue weighted by Gasteiger charge is 2.20. The molecule has 3 rings (SSSR count). The smallest absolute Gasteiger partial charge is 0.0664 e. The van der Waals surface area contributed by atoms with Crippen molar-refractivity contribution in [1.82, 2.24) is 9.69 Å². The molecule has 0 unspecified atom stereocenters. The number of nitrogens with zero attached hydrogens (tertiary/aromatic N) is 1. The second kappa shape index (κ2) is 3.33. The fourth-order valence-corrected chi connectivity index (χ4v) is 2.94. The summed E-state index contributed by atoms with van der Waals surface area (Å²) in [6.07, 6.45) is 1.23. The Labute approximate surface area is 87.1 Å². The molecule has 0 radical (unpaired) electrons. The standard InChI is InChI=1S/C11H12N2S/c1-2-4-10-9(3-1)11(13-14-10)8-5-6-12-7-8/h1-4,8,12H,5-7H2/t8-/m0/s1. The van der Waals surface area contributed by atoms with E-state index in [9.17, 15) is 0 Å². The Hall–Kier alpha value is -0.930. The molecule has 72 valence electrons. The maximum atomic E-state index is 4.58. The molecule has 3 heteroatoms. The third-order valence-electron chi connectivity index (χ3n) is 2.85. The molecule has 1 aromatic heterocycles. The third kappa shape index (κ3) is 1.24. The number of hydrogen-bond donors (Lipinski definition) is 1. The normalized spacial score (nSPS) is 21.9. The van der Waals surface area contributed by atoms with Crippen molar-refractivity contribution >= 4 is 21.6 Å². The summed E-state index contributed by atoms with van der Waals surface area (Å²) in [5, 5.41) is 4.74. The summed E-state index contributed by atoms with van der Waals surface area (Å²) in [6.45, 7) is 2.23. The minimum atomic E-state index is 0.631. The van der Waals surface area contributed by atoms with Crippen molar-refractivity contribution < 1.29 is 0 Å². The number of aromatic nitrogens is 1. The van der Waals surface area contributed by atoms with Crippen molar-refractivity contribution in [1.29, 1.82) is 0 Å². The molecule has 1 atom stereocenters. The Morgan fingerprint density at radius 1 is 1.36 bits per heavy atom. The van der Waals surface area contributed by atoms with Gasteiger partial charge in [0, 0.05) is 17.8 Å². The summed E-state index contributed by atoms with van der Waals surface area (Å²) in [5.74, 6) is 0.631. The van der Waals surface area contributed by atoms with Crippen molar-refractivity contribution in [2.45, 2.75) is 12.3 Å². The molecule has 1 aromatic carbocycles. The Balaban J connectivity index is 2.11.